The van der Waals surface area contributed by atoms with E-state index in [-0.39, 0.29) is 0 Å². The molecule has 7 rings (SSSR count). The zero-order valence-electron chi connectivity index (χ0n) is 17.3. The van der Waals surface area contributed by atoms with Gasteiger partial charge >= 0.3 is 0 Å². The van der Waals surface area contributed by atoms with Gasteiger partial charge in [0, 0.05) is 26.9 Å². The highest BCUT2D eigenvalue weighted by Gasteiger charge is 2.25. The molecule has 7 aromatic carbocycles. The van der Waals surface area contributed by atoms with Crippen molar-refractivity contribution in [2.24, 2.45) is 0 Å². The van der Waals surface area contributed by atoms with Crippen molar-refractivity contribution in [3.05, 3.63) is 67.3 Å². The number of hydrogen-bond donors (Lipinski definition) is 4. The lowest BCUT2D eigenvalue weighted by Gasteiger charge is -2.23. The summed E-state index contributed by atoms with van der Waals surface area (Å²) in [6.45, 7) is 0. The van der Waals surface area contributed by atoms with Gasteiger partial charge in [-0.1, -0.05) is 59.6 Å². The maximum Gasteiger partial charge on any atom is 0.0683 e. The van der Waals surface area contributed by atoms with Gasteiger partial charge in [0.2, 0.25) is 0 Å². The Labute approximate surface area is 225 Å². The van der Waals surface area contributed by atoms with Crippen LogP contribution in [0, 0.1) is 0 Å². The summed E-state index contributed by atoms with van der Waals surface area (Å²) in [5.74, 6) is 0. The van der Waals surface area contributed by atoms with Gasteiger partial charge in [-0.15, -0.1) is 0 Å². The highest BCUT2D eigenvalue weighted by atomic mass is 35.5. The maximum atomic E-state index is 7.02. The van der Waals surface area contributed by atoms with E-state index < -0.39 is 0 Å². The summed E-state index contributed by atoms with van der Waals surface area (Å²) in [4.78, 5) is 0. The third-order valence-corrected chi connectivity index (χ3v) is 9.16. The van der Waals surface area contributed by atoms with Gasteiger partial charge in [-0.25, -0.2) is 0 Å². The lowest BCUT2D eigenvalue weighted by Crippen LogP contribution is -2.36. The van der Waals surface area contributed by atoms with E-state index in [0.29, 0.717) is 10.0 Å². The number of thiol groups is 4. The van der Waals surface area contributed by atoms with Crippen LogP contribution >= 0.6 is 73.7 Å². The fourth-order valence-electron chi connectivity index (χ4n) is 6.01. The molecule has 0 fully saturated rings. The Bertz CT molecular complexity index is 2230. The zero-order valence-corrected chi connectivity index (χ0v) is 22.4. The average Bonchev–Trinajstić information content (AvgIpc) is 2.87. The van der Waals surface area contributed by atoms with E-state index in [1.165, 1.54) is 26.9 Å². The Hall–Kier alpha value is -1.66. The normalized spacial score (nSPS) is 15.5. The topological polar surface area (TPSA) is 0 Å². The third-order valence-electron chi connectivity index (χ3n) is 7.26. The van der Waals surface area contributed by atoms with Crippen LogP contribution in [0.15, 0.2) is 36.4 Å². The quantitative estimate of drug-likeness (QED) is 0.0884. The Morgan fingerprint density at radius 3 is 1.44 bits per heavy atom. The molecule has 0 saturated heterocycles. The monoisotopic (exact) mass is 548 g/mol. The van der Waals surface area contributed by atoms with E-state index in [9.17, 15) is 0 Å². The molecular formula is C28H14Cl2S4. The van der Waals surface area contributed by atoms with E-state index in [1.807, 2.05) is 16.2 Å². The predicted molar refractivity (Wildman–Crippen MR) is 167 cm³/mol. The first-order valence-electron chi connectivity index (χ1n) is 10.5. The minimum Gasteiger partial charge on any atom is -0.151 e. The molecule has 0 bridgehead atoms. The van der Waals surface area contributed by atoms with E-state index in [0.717, 1.165) is 58.6 Å². The van der Waals surface area contributed by atoms with Crippen LogP contribution in [0.1, 0.15) is 0 Å². The van der Waals surface area contributed by atoms with Gasteiger partial charge in [0.1, 0.15) is 0 Å². The molecule has 0 atom stereocenters. The van der Waals surface area contributed by atoms with Crippen LogP contribution in [0.25, 0.3) is 86.3 Å². The summed E-state index contributed by atoms with van der Waals surface area (Å²) in [5, 5.41) is 25.7. The van der Waals surface area contributed by atoms with Crippen LogP contribution in [0.2, 0.25) is 10.0 Å². The molecule has 0 amide bonds. The van der Waals surface area contributed by atoms with E-state index >= 15 is 0 Å². The number of rotatable bonds is 0. The largest absolute Gasteiger partial charge is 0.151 e. The van der Waals surface area contributed by atoms with Crippen LogP contribution in [-0.2, 0) is 0 Å². The van der Waals surface area contributed by atoms with E-state index in [2.05, 4.69) is 86.9 Å². The molecule has 0 nitrogen and oxygen atoms in total. The SMILES string of the molecule is SC=c1c(=CS)c2c(=CS)c(=CS)c3c(Cl)c(Cl)c4ccc5ccc6ccc1c1c6c5c4c3c21. The Morgan fingerprint density at radius 2 is 0.853 bits per heavy atom. The standard InChI is InChI=1S/C28H14Cl2S4/c29-27-14-6-4-12-2-1-11-3-5-13-15(7-31)16(8-32)21-17(9-33)18(10-34)24(28(27)30)26-23(14)20(12)19(11)22(13)25(21)26/h1-10,31-34H. The van der Waals surface area contributed by atoms with Crippen LogP contribution in [0.5, 0.6) is 0 Å². The fourth-order valence-corrected chi connectivity index (χ4v) is 7.64. The van der Waals surface area contributed by atoms with Crippen LogP contribution < -0.4 is 20.9 Å². The summed E-state index contributed by atoms with van der Waals surface area (Å²) in [7, 11) is 0. The lowest BCUT2D eigenvalue weighted by atomic mass is 9.81. The molecule has 0 aromatic heterocycles. The van der Waals surface area contributed by atoms with E-state index in [4.69, 9.17) is 23.2 Å². The second-order valence-corrected chi connectivity index (χ2v) is 10.3. The van der Waals surface area contributed by atoms with Crippen molar-refractivity contribution in [3.8, 4) is 0 Å². The van der Waals surface area contributed by atoms with Gasteiger partial charge in [0.05, 0.1) is 10.0 Å². The lowest BCUT2D eigenvalue weighted by molar-refractivity contribution is 1.62. The molecule has 6 heteroatoms. The molecule has 0 aliphatic rings. The molecule has 0 radical (unpaired) electrons. The van der Waals surface area contributed by atoms with Crippen LogP contribution in [0.4, 0.5) is 0 Å². The van der Waals surface area contributed by atoms with Gasteiger partial charge in [-0.2, -0.15) is 50.5 Å². The van der Waals surface area contributed by atoms with Gasteiger partial charge in [0.15, 0.2) is 0 Å². The summed E-state index contributed by atoms with van der Waals surface area (Å²) in [5.41, 5.74) is 0. The average molecular weight is 550 g/mol. The van der Waals surface area contributed by atoms with Crippen LogP contribution in [0.3, 0.4) is 0 Å². The summed E-state index contributed by atoms with van der Waals surface area (Å²) in [6.07, 6.45) is 0. The number of benzene rings is 7. The highest BCUT2D eigenvalue weighted by molar-refractivity contribution is 7.89. The van der Waals surface area contributed by atoms with Crippen LogP contribution in [-0.4, -0.2) is 0 Å². The zero-order chi connectivity index (χ0) is 23.5. The molecular weight excluding hydrogens is 535 g/mol. The van der Waals surface area contributed by atoms with Gasteiger partial charge in [-0.3, -0.25) is 0 Å². The molecule has 0 heterocycles. The number of hydrogen-bond acceptors (Lipinski definition) is 4. The Balaban J connectivity index is 2.16. The minimum absolute atomic E-state index is 0.531. The van der Waals surface area contributed by atoms with Gasteiger partial charge < -0.3 is 0 Å². The summed E-state index contributed by atoms with van der Waals surface area (Å²) >= 11 is 32.5. The maximum absolute atomic E-state index is 7.02. The number of halogens is 2. The smallest absolute Gasteiger partial charge is 0.0683 e. The molecule has 0 aliphatic heterocycles. The molecule has 0 aliphatic carbocycles. The van der Waals surface area contributed by atoms with Crippen molar-refractivity contribution in [2.45, 2.75) is 0 Å². The first-order valence-corrected chi connectivity index (χ1v) is 13.4. The molecule has 34 heavy (non-hydrogen) atoms. The Morgan fingerprint density at radius 1 is 0.412 bits per heavy atom. The van der Waals surface area contributed by atoms with Crippen molar-refractivity contribution in [1.82, 2.24) is 0 Å². The second kappa shape index (κ2) is 7.42. The van der Waals surface area contributed by atoms with E-state index in [1.54, 1.807) is 5.41 Å². The van der Waals surface area contributed by atoms with Crippen molar-refractivity contribution < 1.29 is 0 Å². The fraction of sp³-hybridized carbons (Fsp3) is 0. The molecule has 0 spiro atoms. The van der Waals surface area contributed by atoms with Crippen molar-refractivity contribution in [2.75, 3.05) is 0 Å². The minimum atomic E-state index is 0.531. The first-order chi connectivity index (χ1) is 16.6. The molecule has 0 unspecified atom stereocenters. The predicted octanol–water partition coefficient (Wildman–Crippen LogP) is 6.90. The Kier molecular flexibility index (Phi) is 4.72. The molecule has 0 saturated carbocycles. The van der Waals surface area contributed by atoms with Crippen molar-refractivity contribution >= 4 is 160 Å². The van der Waals surface area contributed by atoms with Gasteiger partial charge in [0.25, 0.3) is 0 Å². The third kappa shape index (κ3) is 2.35. The highest BCUT2D eigenvalue weighted by Crippen LogP contribution is 2.49. The molecule has 7 aromatic rings. The summed E-state index contributed by atoms with van der Waals surface area (Å²) < 4.78 is 0. The summed E-state index contributed by atoms with van der Waals surface area (Å²) in [6, 6.07) is 13.0. The van der Waals surface area contributed by atoms with Gasteiger partial charge in [-0.05, 0) is 80.2 Å². The first kappa shape index (κ1) is 21.6. The molecule has 164 valence electrons. The van der Waals surface area contributed by atoms with Crippen molar-refractivity contribution in [1.29, 1.82) is 0 Å². The molecule has 0 N–H and O–H groups in total. The second-order valence-electron chi connectivity index (χ2n) is 8.54. The van der Waals surface area contributed by atoms with Crippen molar-refractivity contribution in [3.63, 3.8) is 0 Å².